The molecule has 0 aliphatic carbocycles. The van der Waals surface area contributed by atoms with Crippen LogP contribution in [0.3, 0.4) is 0 Å². The van der Waals surface area contributed by atoms with Crippen LogP contribution in [0.5, 0.6) is 0 Å². The summed E-state index contributed by atoms with van der Waals surface area (Å²) in [6.07, 6.45) is -0.00901. The fraction of sp³-hybridized carbons (Fsp3) is 0.176. The van der Waals surface area contributed by atoms with Crippen molar-refractivity contribution in [3.8, 4) is 0 Å². The van der Waals surface area contributed by atoms with Crippen LogP contribution in [0.2, 0.25) is 0 Å². The molecule has 0 bridgehead atoms. The highest BCUT2D eigenvalue weighted by atomic mass is 19.1. The number of rotatable bonds is 3. The summed E-state index contributed by atoms with van der Waals surface area (Å²) < 4.78 is 13.0. The van der Waals surface area contributed by atoms with Gasteiger partial charge in [-0.05, 0) is 43.2 Å². The quantitative estimate of drug-likeness (QED) is 0.855. The van der Waals surface area contributed by atoms with Crippen LogP contribution in [0.1, 0.15) is 27.0 Å². The minimum Gasteiger partial charge on any atom is -0.273 e. The molecule has 0 aliphatic heterocycles. The highest BCUT2D eigenvalue weighted by Crippen LogP contribution is 2.10. The van der Waals surface area contributed by atoms with Gasteiger partial charge in [0.1, 0.15) is 5.82 Å². The molecule has 0 heterocycles. The molecule has 22 heavy (non-hydrogen) atoms. The fourth-order valence-electron chi connectivity index (χ4n) is 2.14. The normalized spacial score (nSPS) is 10.1. The number of hydrazine groups is 1. The molecular formula is C17H17FN2O2. The first-order chi connectivity index (χ1) is 10.5. The van der Waals surface area contributed by atoms with Gasteiger partial charge in [-0.15, -0.1) is 0 Å². The summed E-state index contributed by atoms with van der Waals surface area (Å²) in [6, 6.07) is 11.2. The fourth-order valence-corrected chi connectivity index (χ4v) is 2.14. The smallest absolute Gasteiger partial charge is 0.269 e. The number of carbonyl (C=O) groups is 2. The monoisotopic (exact) mass is 300 g/mol. The van der Waals surface area contributed by atoms with Crippen molar-refractivity contribution in [3.63, 3.8) is 0 Å². The molecule has 4 nitrogen and oxygen atoms in total. The van der Waals surface area contributed by atoms with Gasteiger partial charge in [-0.25, -0.2) is 4.39 Å². The number of aryl methyl sites for hydroxylation is 2. The number of hydrogen-bond donors (Lipinski definition) is 2. The van der Waals surface area contributed by atoms with Gasteiger partial charge in [0, 0.05) is 5.56 Å². The summed E-state index contributed by atoms with van der Waals surface area (Å²) in [6.45, 7) is 3.77. The molecule has 0 spiro atoms. The Morgan fingerprint density at radius 3 is 2.50 bits per heavy atom. The van der Waals surface area contributed by atoms with Gasteiger partial charge in [0.25, 0.3) is 5.91 Å². The lowest BCUT2D eigenvalue weighted by Crippen LogP contribution is -2.42. The Morgan fingerprint density at radius 2 is 1.82 bits per heavy atom. The van der Waals surface area contributed by atoms with Gasteiger partial charge in [-0.1, -0.05) is 29.8 Å². The van der Waals surface area contributed by atoms with Crippen molar-refractivity contribution in [1.29, 1.82) is 0 Å². The third kappa shape index (κ3) is 4.15. The van der Waals surface area contributed by atoms with Gasteiger partial charge in [0.2, 0.25) is 5.91 Å². The summed E-state index contributed by atoms with van der Waals surface area (Å²) >= 11 is 0. The van der Waals surface area contributed by atoms with Gasteiger partial charge in [0.05, 0.1) is 6.42 Å². The summed E-state index contributed by atoms with van der Waals surface area (Å²) in [5.74, 6) is -1.20. The molecule has 2 aromatic carbocycles. The highest BCUT2D eigenvalue weighted by Gasteiger charge is 2.10. The first-order valence-electron chi connectivity index (χ1n) is 6.86. The molecular weight excluding hydrogens is 283 g/mol. The number of halogens is 1. The Morgan fingerprint density at radius 1 is 1.05 bits per heavy atom. The Bertz CT molecular complexity index is 714. The molecule has 2 amide bonds. The first kappa shape index (κ1) is 15.7. The van der Waals surface area contributed by atoms with Crippen molar-refractivity contribution in [2.24, 2.45) is 0 Å². The van der Waals surface area contributed by atoms with Gasteiger partial charge in [0.15, 0.2) is 0 Å². The van der Waals surface area contributed by atoms with Crippen molar-refractivity contribution < 1.29 is 14.0 Å². The molecule has 0 saturated carbocycles. The average molecular weight is 300 g/mol. The van der Waals surface area contributed by atoms with E-state index in [1.54, 1.807) is 12.1 Å². The number of hydrogen-bond acceptors (Lipinski definition) is 2. The van der Waals surface area contributed by atoms with Crippen LogP contribution in [-0.4, -0.2) is 11.8 Å². The van der Waals surface area contributed by atoms with Crippen LogP contribution in [0.15, 0.2) is 42.5 Å². The molecule has 0 unspecified atom stereocenters. The molecule has 0 radical (unpaired) electrons. The summed E-state index contributed by atoms with van der Waals surface area (Å²) in [5.41, 5.74) is 7.62. The van der Waals surface area contributed by atoms with Crippen molar-refractivity contribution in [2.45, 2.75) is 20.3 Å². The van der Waals surface area contributed by atoms with E-state index in [0.717, 1.165) is 11.1 Å². The van der Waals surface area contributed by atoms with E-state index in [-0.39, 0.29) is 12.3 Å². The molecule has 114 valence electrons. The molecule has 0 fully saturated rings. The zero-order chi connectivity index (χ0) is 16.1. The molecule has 2 N–H and O–H groups in total. The number of benzene rings is 2. The lowest BCUT2D eigenvalue weighted by Gasteiger charge is -2.10. The number of nitrogens with one attached hydrogen (secondary N) is 2. The molecule has 0 aromatic heterocycles. The van der Waals surface area contributed by atoms with Crippen molar-refractivity contribution >= 4 is 11.8 Å². The largest absolute Gasteiger partial charge is 0.273 e. The van der Waals surface area contributed by atoms with E-state index in [1.165, 1.54) is 18.2 Å². The topological polar surface area (TPSA) is 58.2 Å². The Labute approximate surface area is 128 Å². The van der Waals surface area contributed by atoms with Crippen LogP contribution in [0, 0.1) is 19.7 Å². The molecule has 0 aliphatic rings. The van der Waals surface area contributed by atoms with Crippen molar-refractivity contribution in [3.05, 3.63) is 70.5 Å². The van der Waals surface area contributed by atoms with Crippen LogP contribution < -0.4 is 10.9 Å². The summed E-state index contributed by atoms with van der Waals surface area (Å²) in [4.78, 5) is 23.8. The molecule has 5 heteroatoms. The average Bonchev–Trinajstić information content (AvgIpc) is 2.45. The lowest BCUT2D eigenvalue weighted by atomic mass is 10.1. The maximum absolute atomic E-state index is 13.0. The summed E-state index contributed by atoms with van der Waals surface area (Å²) in [5, 5.41) is 0. The van der Waals surface area contributed by atoms with E-state index in [0.29, 0.717) is 11.1 Å². The van der Waals surface area contributed by atoms with Gasteiger partial charge in [-0.2, -0.15) is 0 Å². The Hall–Kier alpha value is -2.69. The second kappa shape index (κ2) is 6.85. The second-order valence-electron chi connectivity index (χ2n) is 5.13. The molecule has 0 atom stereocenters. The minimum absolute atomic E-state index is 0.00901. The third-order valence-corrected chi connectivity index (χ3v) is 3.20. The van der Waals surface area contributed by atoms with Crippen molar-refractivity contribution in [2.75, 3.05) is 0 Å². The maximum Gasteiger partial charge on any atom is 0.269 e. The number of amides is 2. The zero-order valence-electron chi connectivity index (χ0n) is 12.4. The van der Waals surface area contributed by atoms with E-state index in [2.05, 4.69) is 10.9 Å². The molecule has 0 saturated heterocycles. The first-order valence-corrected chi connectivity index (χ1v) is 6.86. The highest BCUT2D eigenvalue weighted by molar-refractivity contribution is 5.96. The predicted molar refractivity (Wildman–Crippen MR) is 81.6 cm³/mol. The van der Waals surface area contributed by atoms with E-state index in [1.807, 2.05) is 26.0 Å². The van der Waals surface area contributed by atoms with Crippen LogP contribution in [0.25, 0.3) is 0 Å². The van der Waals surface area contributed by atoms with E-state index in [4.69, 9.17) is 0 Å². The Kier molecular flexibility index (Phi) is 4.88. The zero-order valence-corrected chi connectivity index (χ0v) is 12.4. The van der Waals surface area contributed by atoms with Crippen LogP contribution in [0.4, 0.5) is 4.39 Å². The van der Waals surface area contributed by atoms with E-state index < -0.39 is 11.7 Å². The Balaban J connectivity index is 1.92. The minimum atomic E-state index is -0.413. The van der Waals surface area contributed by atoms with Gasteiger partial charge < -0.3 is 0 Å². The standard InChI is InChI=1S/C17H17FN2O2/c1-11-6-7-15(12(2)8-11)17(22)20-19-16(21)10-13-4-3-5-14(18)9-13/h3-9H,10H2,1-2H3,(H,19,21)(H,20,22). The van der Waals surface area contributed by atoms with Gasteiger partial charge >= 0.3 is 0 Å². The molecule has 2 aromatic rings. The van der Waals surface area contributed by atoms with E-state index >= 15 is 0 Å². The van der Waals surface area contributed by atoms with Gasteiger partial charge in [-0.3, -0.25) is 20.4 Å². The van der Waals surface area contributed by atoms with E-state index in [9.17, 15) is 14.0 Å². The van der Waals surface area contributed by atoms with Crippen LogP contribution >= 0.6 is 0 Å². The van der Waals surface area contributed by atoms with Crippen LogP contribution in [-0.2, 0) is 11.2 Å². The van der Waals surface area contributed by atoms with Crippen molar-refractivity contribution in [1.82, 2.24) is 10.9 Å². The molecule has 2 rings (SSSR count). The SMILES string of the molecule is Cc1ccc(C(=O)NNC(=O)Cc2cccc(F)c2)c(C)c1. The maximum atomic E-state index is 13.0. The number of carbonyl (C=O) groups excluding carboxylic acids is 2. The predicted octanol–water partition coefficient (Wildman–Crippen LogP) is 2.45. The summed E-state index contributed by atoms with van der Waals surface area (Å²) in [7, 11) is 0. The third-order valence-electron chi connectivity index (χ3n) is 3.20. The lowest BCUT2D eigenvalue weighted by molar-refractivity contribution is -0.121. The second-order valence-corrected chi connectivity index (χ2v) is 5.13.